The molecule has 4 rings (SSSR count). The first-order chi connectivity index (χ1) is 15.8. The lowest BCUT2D eigenvalue weighted by Gasteiger charge is -2.23. The normalized spacial score (nSPS) is 18.9. The zero-order chi connectivity index (χ0) is 23.4. The molecule has 0 bridgehead atoms. The Labute approximate surface area is 188 Å². The van der Waals surface area contributed by atoms with E-state index in [9.17, 15) is 18.0 Å². The van der Waals surface area contributed by atoms with E-state index >= 15 is 0 Å². The summed E-state index contributed by atoms with van der Waals surface area (Å²) < 4.78 is 45.7. The Morgan fingerprint density at radius 3 is 2.64 bits per heavy atom. The molecule has 2 aromatic carbocycles. The Hall–Kier alpha value is -3.47. The van der Waals surface area contributed by atoms with Crippen molar-refractivity contribution in [3.63, 3.8) is 0 Å². The number of carbonyl (C=O) groups is 1. The molecule has 1 aromatic heterocycles. The molecular formula is C22H23F3N6O2. The summed E-state index contributed by atoms with van der Waals surface area (Å²) >= 11 is 0. The number of aromatic nitrogens is 4. The van der Waals surface area contributed by atoms with Crippen molar-refractivity contribution >= 4 is 5.91 Å². The number of amides is 1. The second-order valence-electron chi connectivity index (χ2n) is 7.89. The standard InChI is InChI=1S/C22H23F3N6O2/c1-33-19-7-5-15(6-8-19)12-30-13-18(31-14-27-28-29-31)10-20(30)21(32)26-11-16-3-2-4-17(9-16)22(23,24)25/h2-9,14,18,20H,10-13H2,1H3,(H,26,32)/t18-,20+/m1/s1. The predicted molar refractivity (Wildman–Crippen MR) is 112 cm³/mol. The molecule has 2 atom stereocenters. The third kappa shape index (κ3) is 5.48. The summed E-state index contributed by atoms with van der Waals surface area (Å²) in [4.78, 5) is 15.1. The number of rotatable bonds is 7. The molecule has 8 nitrogen and oxygen atoms in total. The topological polar surface area (TPSA) is 85.2 Å². The van der Waals surface area contributed by atoms with Crippen LogP contribution in [0.25, 0.3) is 0 Å². The number of ether oxygens (including phenoxy) is 1. The van der Waals surface area contributed by atoms with Crippen molar-refractivity contribution in [2.75, 3.05) is 13.7 Å². The highest BCUT2D eigenvalue weighted by molar-refractivity contribution is 5.82. The first-order valence-electron chi connectivity index (χ1n) is 10.4. The molecule has 1 N–H and O–H groups in total. The van der Waals surface area contributed by atoms with Crippen LogP contribution in [0.1, 0.15) is 29.2 Å². The van der Waals surface area contributed by atoms with Gasteiger partial charge in [-0.2, -0.15) is 13.2 Å². The molecule has 1 amide bonds. The summed E-state index contributed by atoms with van der Waals surface area (Å²) in [7, 11) is 1.59. The largest absolute Gasteiger partial charge is 0.497 e. The molecule has 174 valence electrons. The maximum absolute atomic E-state index is 13.1. The molecule has 1 aliphatic heterocycles. The van der Waals surface area contributed by atoms with Crippen molar-refractivity contribution in [3.05, 3.63) is 71.5 Å². The second kappa shape index (κ2) is 9.57. The minimum absolute atomic E-state index is 0.00514. The van der Waals surface area contributed by atoms with E-state index in [2.05, 4.69) is 20.8 Å². The van der Waals surface area contributed by atoms with E-state index in [0.29, 0.717) is 25.1 Å². The number of hydrogen-bond donors (Lipinski definition) is 1. The molecule has 0 spiro atoms. The van der Waals surface area contributed by atoms with Crippen LogP contribution in [0.15, 0.2) is 54.9 Å². The molecule has 0 saturated carbocycles. The zero-order valence-corrected chi connectivity index (χ0v) is 17.9. The zero-order valence-electron chi connectivity index (χ0n) is 17.9. The first-order valence-corrected chi connectivity index (χ1v) is 10.4. The highest BCUT2D eigenvalue weighted by atomic mass is 19.4. The molecule has 2 heterocycles. The average molecular weight is 460 g/mol. The SMILES string of the molecule is COc1ccc(CN2C[C@H](n3cnnn3)C[C@H]2C(=O)NCc2cccc(C(F)(F)F)c2)cc1. The van der Waals surface area contributed by atoms with E-state index in [1.165, 1.54) is 12.4 Å². The van der Waals surface area contributed by atoms with Crippen LogP contribution in [0, 0.1) is 0 Å². The highest BCUT2D eigenvalue weighted by Gasteiger charge is 2.38. The molecule has 3 aromatic rings. The lowest BCUT2D eigenvalue weighted by atomic mass is 10.1. The predicted octanol–water partition coefficient (Wildman–Crippen LogP) is 2.83. The third-order valence-corrected chi connectivity index (χ3v) is 5.69. The van der Waals surface area contributed by atoms with Gasteiger partial charge in [-0.3, -0.25) is 9.69 Å². The van der Waals surface area contributed by atoms with Gasteiger partial charge in [0.15, 0.2) is 0 Å². The Morgan fingerprint density at radius 1 is 1.18 bits per heavy atom. The number of carbonyl (C=O) groups excluding carboxylic acids is 1. The van der Waals surface area contributed by atoms with E-state index < -0.39 is 17.8 Å². The molecule has 1 saturated heterocycles. The van der Waals surface area contributed by atoms with Crippen molar-refractivity contribution in [1.29, 1.82) is 0 Å². The first kappa shape index (κ1) is 22.7. The van der Waals surface area contributed by atoms with Crippen LogP contribution in [-0.2, 0) is 24.1 Å². The lowest BCUT2D eigenvalue weighted by Crippen LogP contribution is -2.42. The van der Waals surface area contributed by atoms with Crippen molar-refractivity contribution in [3.8, 4) is 5.75 Å². The summed E-state index contributed by atoms with van der Waals surface area (Å²) in [6.45, 7) is 1.08. The number of methoxy groups -OCH3 is 1. The van der Waals surface area contributed by atoms with Crippen LogP contribution < -0.4 is 10.1 Å². The van der Waals surface area contributed by atoms with Gasteiger partial charge in [0.25, 0.3) is 0 Å². The number of alkyl halides is 3. The average Bonchev–Trinajstić information content (AvgIpc) is 3.48. The van der Waals surface area contributed by atoms with Crippen LogP contribution in [-0.4, -0.2) is 50.7 Å². The van der Waals surface area contributed by atoms with Gasteiger partial charge < -0.3 is 10.1 Å². The fourth-order valence-electron chi connectivity index (χ4n) is 3.98. The number of hydrogen-bond acceptors (Lipinski definition) is 6. The van der Waals surface area contributed by atoms with E-state index in [4.69, 9.17) is 4.74 Å². The van der Waals surface area contributed by atoms with Crippen LogP contribution in [0.3, 0.4) is 0 Å². The lowest BCUT2D eigenvalue weighted by molar-refractivity contribution is -0.137. The van der Waals surface area contributed by atoms with Gasteiger partial charge in [0, 0.05) is 19.6 Å². The summed E-state index contributed by atoms with van der Waals surface area (Å²) in [6, 6.07) is 12.0. The fourth-order valence-corrected chi connectivity index (χ4v) is 3.98. The van der Waals surface area contributed by atoms with Crippen molar-refractivity contribution < 1.29 is 22.7 Å². The number of likely N-dealkylation sites (tertiary alicyclic amines) is 1. The Balaban J connectivity index is 1.46. The second-order valence-corrected chi connectivity index (χ2v) is 7.89. The van der Waals surface area contributed by atoms with Gasteiger partial charge in [-0.25, -0.2) is 4.68 Å². The van der Waals surface area contributed by atoms with E-state index in [1.807, 2.05) is 29.2 Å². The van der Waals surface area contributed by atoms with E-state index in [-0.39, 0.29) is 18.5 Å². The van der Waals surface area contributed by atoms with Crippen LogP contribution in [0.4, 0.5) is 13.2 Å². The Kier molecular flexibility index (Phi) is 6.59. The molecule has 1 fully saturated rings. The van der Waals surface area contributed by atoms with Gasteiger partial charge >= 0.3 is 6.18 Å². The van der Waals surface area contributed by atoms with E-state index in [1.54, 1.807) is 17.9 Å². The molecular weight excluding hydrogens is 437 g/mol. The Morgan fingerprint density at radius 2 is 1.97 bits per heavy atom. The van der Waals surface area contributed by atoms with Crippen molar-refractivity contribution in [1.82, 2.24) is 30.4 Å². The number of nitrogens with one attached hydrogen (secondary N) is 1. The minimum Gasteiger partial charge on any atom is -0.497 e. The van der Waals surface area contributed by atoms with Crippen molar-refractivity contribution in [2.45, 2.75) is 37.8 Å². The smallest absolute Gasteiger partial charge is 0.416 e. The maximum Gasteiger partial charge on any atom is 0.416 e. The van der Waals surface area contributed by atoms with Crippen LogP contribution in [0.2, 0.25) is 0 Å². The van der Waals surface area contributed by atoms with E-state index in [0.717, 1.165) is 23.4 Å². The summed E-state index contributed by atoms with van der Waals surface area (Å²) in [5, 5.41) is 14.1. The number of halogens is 3. The van der Waals surface area contributed by atoms with Gasteiger partial charge in [-0.15, -0.1) is 5.10 Å². The molecule has 33 heavy (non-hydrogen) atoms. The summed E-state index contributed by atoms with van der Waals surface area (Å²) in [6.07, 6.45) is -2.44. The maximum atomic E-state index is 13.1. The molecule has 0 unspecified atom stereocenters. The molecule has 0 aliphatic carbocycles. The summed E-state index contributed by atoms with van der Waals surface area (Å²) in [5.74, 6) is 0.485. The number of nitrogens with zero attached hydrogens (tertiary/aromatic N) is 5. The monoisotopic (exact) mass is 460 g/mol. The van der Waals surface area contributed by atoms with Gasteiger partial charge in [-0.1, -0.05) is 24.3 Å². The molecule has 0 radical (unpaired) electrons. The van der Waals surface area contributed by atoms with Gasteiger partial charge in [0.1, 0.15) is 12.1 Å². The number of tetrazole rings is 1. The third-order valence-electron chi connectivity index (χ3n) is 5.69. The van der Waals surface area contributed by atoms with Crippen molar-refractivity contribution in [2.24, 2.45) is 0 Å². The highest BCUT2D eigenvalue weighted by Crippen LogP contribution is 2.30. The van der Waals surface area contributed by atoms with Crippen LogP contribution >= 0.6 is 0 Å². The van der Waals surface area contributed by atoms with Gasteiger partial charge in [0.05, 0.1) is 24.8 Å². The Bertz CT molecular complexity index is 1070. The fraction of sp³-hybridized carbons (Fsp3) is 0.364. The molecule has 11 heteroatoms. The van der Waals surface area contributed by atoms with Crippen LogP contribution in [0.5, 0.6) is 5.75 Å². The molecule has 1 aliphatic rings. The van der Waals surface area contributed by atoms with Gasteiger partial charge in [-0.05, 0) is 52.2 Å². The quantitative estimate of drug-likeness (QED) is 0.584. The van der Waals surface area contributed by atoms with Gasteiger partial charge in [0.2, 0.25) is 5.91 Å². The summed E-state index contributed by atoms with van der Waals surface area (Å²) in [5.41, 5.74) is 0.647. The number of benzene rings is 2. The minimum atomic E-state index is -4.43.